The molecule has 0 unspecified atom stereocenters. The van der Waals surface area contributed by atoms with E-state index in [1.54, 1.807) is 12.1 Å². The van der Waals surface area contributed by atoms with E-state index in [1.165, 1.54) is 12.3 Å². The fourth-order valence-corrected chi connectivity index (χ4v) is 1.57. The molecule has 0 aliphatic rings. The van der Waals surface area contributed by atoms with Gasteiger partial charge in [0.1, 0.15) is 0 Å². The molecule has 86 valence electrons. The SMILES string of the molecule is Cc1ccc(-c2ccnc(F)c2[N+](=O)[O-])cc1. The van der Waals surface area contributed by atoms with Crippen molar-refractivity contribution in [3.8, 4) is 11.1 Å². The maximum Gasteiger partial charge on any atom is 0.331 e. The summed E-state index contributed by atoms with van der Waals surface area (Å²) in [6.45, 7) is 1.91. The number of hydrogen-bond donors (Lipinski definition) is 0. The number of rotatable bonds is 2. The van der Waals surface area contributed by atoms with Crippen LogP contribution in [0.5, 0.6) is 0 Å². The van der Waals surface area contributed by atoms with Gasteiger partial charge in [0.05, 0.1) is 10.5 Å². The number of hydrogen-bond acceptors (Lipinski definition) is 3. The highest BCUT2D eigenvalue weighted by atomic mass is 19.1. The maximum atomic E-state index is 13.3. The van der Waals surface area contributed by atoms with E-state index in [1.807, 2.05) is 19.1 Å². The van der Waals surface area contributed by atoms with Gasteiger partial charge in [-0.3, -0.25) is 10.1 Å². The molecule has 0 spiro atoms. The third-order valence-corrected chi connectivity index (χ3v) is 2.42. The van der Waals surface area contributed by atoms with Gasteiger partial charge in [0, 0.05) is 6.20 Å². The maximum absolute atomic E-state index is 13.3. The smallest absolute Gasteiger partial charge is 0.258 e. The summed E-state index contributed by atoms with van der Waals surface area (Å²) in [7, 11) is 0. The van der Waals surface area contributed by atoms with Crippen molar-refractivity contribution in [1.29, 1.82) is 0 Å². The van der Waals surface area contributed by atoms with Crippen molar-refractivity contribution >= 4 is 5.69 Å². The summed E-state index contributed by atoms with van der Waals surface area (Å²) in [6.07, 6.45) is 1.22. The summed E-state index contributed by atoms with van der Waals surface area (Å²) in [6, 6.07) is 8.51. The molecule has 17 heavy (non-hydrogen) atoms. The number of nitro groups is 1. The molecule has 0 fully saturated rings. The summed E-state index contributed by atoms with van der Waals surface area (Å²) < 4.78 is 13.3. The quantitative estimate of drug-likeness (QED) is 0.454. The van der Waals surface area contributed by atoms with E-state index in [0.717, 1.165) is 5.56 Å². The Balaban J connectivity index is 2.63. The van der Waals surface area contributed by atoms with Gasteiger partial charge in [-0.05, 0) is 18.6 Å². The molecule has 1 aromatic heterocycles. The molecule has 2 rings (SSSR count). The van der Waals surface area contributed by atoms with Gasteiger partial charge in [0.15, 0.2) is 0 Å². The minimum absolute atomic E-state index is 0.238. The van der Waals surface area contributed by atoms with E-state index in [9.17, 15) is 14.5 Å². The van der Waals surface area contributed by atoms with Crippen LogP contribution in [-0.2, 0) is 0 Å². The lowest BCUT2D eigenvalue weighted by Gasteiger charge is -2.03. The van der Waals surface area contributed by atoms with Crippen molar-refractivity contribution in [2.24, 2.45) is 0 Å². The van der Waals surface area contributed by atoms with Gasteiger partial charge in [-0.15, -0.1) is 0 Å². The highest BCUT2D eigenvalue weighted by Gasteiger charge is 2.21. The lowest BCUT2D eigenvalue weighted by atomic mass is 10.0. The predicted molar refractivity (Wildman–Crippen MR) is 61.0 cm³/mol. The van der Waals surface area contributed by atoms with Crippen LogP contribution in [0.15, 0.2) is 36.5 Å². The standard InChI is InChI=1S/C12H9FN2O2/c1-8-2-4-9(5-3-8)10-6-7-14-12(13)11(10)15(16)17/h2-7H,1H3. The topological polar surface area (TPSA) is 56.0 Å². The zero-order valence-corrected chi connectivity index (χ0v) is 9.05. The minimum atomic E-state index is -1.06. The predicted octanol–water partition coefficient (Wildman–Crippen LogP) is 3.10. The van der Waals surface area contributed by atoms with Crippen LogP contribution < -0.4 is 0 Å². The van der Waals surface area contributed by atoms with E-state index in [0.29, 0.717) is 5.56 Å². The van der Waals surface area contributed by atoms with E-state index in [4.69, 9.17) is 0 Å². The number of aromatic nitrogens is 1. The first-order valence-corrected chi connectivity index (χ1v) is 4.95. The minimum Gasteiger partial charge on any atom is -0.258 e. The van der Waals surface area contributed by atoms with Gasteiger partial charge in [0.25, 0.3) is 5.95 Å². The van der Waals surface area contributed by atoms with E-state index in [-0.39, 0.29) is 5.56 Å². The molecule has 1 heterocycles. The molecule has 0 aliphatic carbocycles. The Hall–Kier alpha value is -2.30. The normalized spacial score (nSPS) is 10.2. The average Bonchev–Trinajstić information content (AvgIpc) is 2.29. The van der Waals surface area contributed by atoms with Gasteiger partial charge in [0.2, 0.25) is 0 Å². The number of aryl methyl sites for hydroxylation is 1. The summed E-state index contributed by atoms with van der Waals surface area (Å²) in [4.78, 5) is 13.4. The molecular weight excluding hydrogens is 223 g/mol. The van der Waals surface area contributed by atoms with Crippen molar-refractivity contribution in [3.63, 3.8) is 0 Å². The molecule has 0 bridgehead atoms. The fraction of sp³-hybridized carbons (Fsp3) is 0.0833. The second kappa shape index (κ2) is 4.29. The number of benzene rings is 1. The molecule has 0 amide bonds. The first-order chi connectivity index (χ1) is 8.09. The van der Waals surface area contributed by atoms with Crippen molar-refractivity contribution in [3.05, 3.63) is 58.2 Å². The molecule has 0 radical (unpaired) electrons. The molecule has 0 saturated carbocycles. The van der Waals surface area contributed by atoms with E-state index in [2.05, 4.69) is 4.98 Å². The summed E-state index contributed by atoms with van der Waals surface area (Å²) in [5, 5.41) is 10.8. The summed E-state index contributed by atoms with van der Waals surface area (Å²) in [5.41, 5.74) is 1.29. The Morgan fingerprint density at radius 1 is 1.24 bits per heavy atom. The van der Waals surface area contributed by atoms with Crippen LogP contribution >= 0.6 is 0 Å². The summed E-state index contributed by atoms with van der Waals surface area (Å²) in [5.74, 6) is -1.06. The molecule has 0 N–H and O–H groups in total. The molecule has 0 saturated heterocycles. The van der Waals surface area contributed by atoms with Gasteiger partial charge in [-0.1, -0.05) is 29.8 Å². The fourth-order valence-electron chi connectivity index (χ4n) is 1.57. The molecule has 5 heteroatoms. The van der Waals surface area contributed by atoms with Crippen LogP contribution in [-0.4, -0.2) is 9.91 Å². The Bertz CT molecular complexity index is 567. The molecule has 0 aliphatic heterocycles. The Morgan fingerprint density at radius 3 is 2.47 bits per heavy atom. The van der Waals surface area contributed by atoms with Gasteiger partial charge in [-0.2, -0.15) is 4.39 Å². The van der Waals surface area contributed by atoms with Crippen LogP contribution in [0.2, 0.25) is 0 Å². The number of halogens is 1. The highest BCUT2D eigenvalue weighted by molar-refractivity contribution is 5.73. The van der Waals surface area contributed by atoms with Gasteiger partial charge < -0.3 is 0 Å². The number of pyridine rings is 1. The molecule has 0 atom stereocenters. The summed E-state index contributed by atoms with van der Waals surface area (Å²) >= 11 is 0. The average molecular weight is 232 g/mol. The third kappa shape index (κ3) is 2.13. The van der Waals surface area contributed by atoms with Crippen molar-refractivity contribution in [2.75, 3.05) is 0 Å². The molecule has 1 aromatic carbocycles. The molecule has 2 aromatic rings. The zero-order valence-electron chi connectivity index (χ0n) is 9.05. The molecular formula is C12H9FN2O2. The molecule has 4 nitrogen and oxygen atoms in total. The van der Waals surface area contributed by atoms with Crippen LogP contribution in [0.1, 0.15) is 5.56 Å². The Labute approximate surface area is 96.9 Å². The van der Waals surface area contributed by atoms with Gasteiger partial charge >= 0.3 is 5.69 Å². The first kappa shape index (κ1) is 11.2. The number of nitrogens with zero attached hydrogens (tertiary/aromatic N) is 2. The third-order valence-electron chi connectivity index (χ3n) is 2.42. The van der Waals surface area contributed by atoms with E-state index < -0.39 is 16.6 Å². The second-order valence-electron chi connectivity index (χ2n) is 3.62. The zero-order chi connectivity index (χ0) is 12.4. The van der Waals surface area contributed by atoms with Crippen LogP contribution in [0.25, 0.3) is 11.1 Å². The largest absolute Gasteiger partial charge is 0.331 e. The first-order valence-electron chi connectivity index (χ1n) is 4.95. The van der Waals surface area contributed by atoms with E-state index >= 15 is 0 Å². The Morgan fingerprint density at radius 2 is 1.88 bits per heavy atom. The monoisotopic (exact) mass is 232 g/mol. The van der Waals surface area contributed by atoms with Crippen LogP contribution in [0.3, 0.4) is 0 Å². The van der Waals surface area contributed by atoms with Crippen LogP contribution in [0.4, 0.5) is 10.1 Å². The van der Waals surface area contributed by atoms with Crippen LogP contribution in [0, 0.1) is 23.0 Å². The lowest BCUT2D eigenvalue weighted by molar-refractivity contribution is -0.387. The van der Waals surface area contributed by atoms with Crippen molar-refractivity contribution < 1.29 is 9.31 Å². The highest BCUT2D eigenvalue weighted by Crippen LogP contribution is 2.30. The Kier molecular flexibility index (Phi) is 2.82. The van der Waals surface area contributed by atoms with Crippen molar-refractivity contribution in [2.45, 2.75) is 6.92 Å². The lowest BCUT2D eigenvalue weighted by Crippen LogP contribution is -1.98. The second-order valence-corrected chi connectivity index (χ2v) is 3.62. The van der Waals surface area contributed by atoms with Crippen molar-refractivity contribution in [1.82, 2.24) is 4.98 Å². The van der Waals surface area contributed by atoms with Gasteiger partial charge in [-0.25, -0.2) is 4.98 Å².